The van der Waals surface area contributed by atoms with E-state index in [4.69, 9.17) is 0 Å². The van der Waals surface area contributed by atoms with Gasteiger partial charge in [0.2, 0.25) is 0 Å². The van der Waals surface area contributed by atoms with Crippen LogP contribution in [0, 0.1) is 0 Å². The monoisotopic (exact) mass is 205 g/mol. The lowest BCUT2D eigenvalue weighted by atomic mass is 10.2. The molecule has 0 N–H and O–H groups in total. The van der Waals surface area contributed by atoms with Crippen molar-refractivity contribution in [2.24, 2.45) is 0 Å². The molecule has 0 spiro atoms. The molecule has 0 radical (unpaired) electrons. The van der Waals surface area contributed by atoms with Crippen molar-refractivity contribution >= 4 is 11.8 Å². The highest BCUT2D eigenvalue weighted by Gasteiger charge is 2.33. The van der Waals surface area contributed by atoms with Gasteiger partial charge in [-0.1, -0.05) is 6.07 Å². The molecule has 1 aromatic heterocycles. The molecule has 1 aromatic rings. The van der Waals surface area contributed by atoms with Crippen molar-refractivity contribution in [3.63, 3.8) is 0 Å². The van der Waals surface area contributed by atoms with Crippen molar-refractivity contribution in [1.82, 2.24) is 4.98 Å². The van der Waals surface area contributed by atoms with Gasteiger partial charge in [-0.05, 0) is 11.6 Å². The smallest absolute Gasteiger partial charge is 0.251 e. The average Bonchev–Trinajstić information content (AvgIpc) is 2.85. The minimum absolute atomic E-state index is 0.370. The lowest BCUT2D eigenvalue weighted by molar-refractivity contribution is -0.141. The molecule has 0 aromatic carbocycles. The summed E-state index contributed by atoms with van der Waals surface area (Å²) in [5.74, 6) is 0.993. The van der Waals surface area contributed by atoms with E-state index in [1.807, 2.05) is 0 Å². The van der Waals surface area contributed by atoms with Crippen molar-refractivity contribution < 1.29 is 13.2 Å². The number of hydrogen-bond acceptors (Lipinski definition) is 2. The topological polar surface area (TPSA) is 12.9 Å². The molecule has 0 bridgehead atoms. The maximum atomic E-state index is 12.1. The van der Waals surface area contributed by atoms with Crippen LogP contribution in [0.3, 0.4) is 0 Å². The van der Waals surface area contributed by atoms with Gasteiger partial charge in [0, 0.05) is 17.2 Å². The molecule has 1 fully saturated rings. The summed E-state index contributed by atoms with van der Waals surface area (Å²) in [5.41, 5.74) is 0.0694. The molecule has 1 aliphatic rings. The molecular formula is C8H6F3NS. The third-order valence-corrected chi connectivity index (χ3v) is 2.72. The van der Waals surface area contributed by atoms with Crippen molar-refractivity contribution in [2.75, 3.05) is 5.75 Å². The van der Waals surface area contributed by atoms with Crippen molar-refractivity contribution in [2.45, 2.75) is 11.4 Å². The van der Waals surface area contributed by atoms with Crippen LogP contribution >= 0.6 is 11.8 Å². The molecule has 1 aliphatic heterocycles. The summed E-state index contributed by atoms with van der Waals surface area (Å²) in [7, 11) is 0. The van der Waals surface area contributed by atoms with E-state index in [1.54, 1.807) is 11.8 Å². The van der Waals surface area contributed by atoms with Crippen LogP contribution < -0.4 is 0 Å². The maximum absolute atomic E-state index is 12.1. The van der Waals surface area contributed by atoms with Crippen LogP contribution in [0.25, 0.3) is 0 Å². The average molecular weight is 205 g/mol. The summed E-state index contributed by atoms with van der Waals surface area (Å²) in [6, 6.07) is 2.54. The Balaban J connectivity index is 2.22. The second kappa shape index (κ2) is 2.90. The minimum atomic E-state index is -4.32. The second-order valence-electron chi connectivity index (χ2n) is 2.80. The first kappa shape index (κ1) is 8.87. The van der Waals surface area contributed by atoms with Crippen molar-refractivity contribution in [3.8, 4) is 0 Å². The standard InChI is InChI=1S/C8H6F3NS/c9-8(10,11)7-2-1-5(3-12-7)6-4-13-6/h1-3,6H,4H2. The summed E-state index contributed by atoms with van der Waals surface area (Å²) in [6.07, 6.45) is -3.01. The molecule has 5 heteroatoms. The molecule has 0 amide bonds. The highest BCUT2D eigenvalue weighted by molar-refractivity contribution is 8.06. The number of alkyl halides is 3. The fourth-order valence-electron chi connectivity index (χ4n) is 1.00. The number of nitrogens with zero attached hydrogens (tertiary/aromatic N) is 1. The van der Waals surface area contributed by atoms with Gasteiger partial charge in [0.25, 0.3) is 0 Å². The van der Waals surface area contributed by atoms with Gasteiger partial charge in [-0.2, -0.15) is 24.9 Å². The van der Waals surface area contributed by atoms with E-state index in [1.165, 1.54) is 12.3 Å². The fourth-order valence-corrected chi connectivity index (χ4v) is 1.62. The Bertz CT molecular complexity index is 302. The van der Waals surface area contributed by atoms with Gasteiger partial charge < -0.3 is 0 Å². The molecular weight excluding hydrogens is 199 g/mol. The highest BCUT2D eigenvalue weighted by atomic mass is 32.2. The summed E-state index contributed by atoms with van der Waals surface area (Å²) in [4.78, 5) is 3.37. The predicted molar refractivity (Wildman–Crippen MR) is 44.4 cm³/mol. The van der Waals surface area contributed by atoms with Gasteiger partial charge in [0.05, 0.1) is 0 Å². The zero-order chi connectivity index (χ0) is 9.47. The Morgan fingerprint density at radius 3 is 2.46 bits per heavy atom. The Labute approximate surface area is 77.4 Å². The maximum Gasteiger partial charge on any atom is 0.433 e. The number of pyridine rings is 1. The number of halogens is 3. The van der Waals surface area contributed by atoms with Gasteiger partial charge in [0.15, 0.2) is 0 Å². The third kappa shape index (κ3) is 1.96. The van der Waals surface area contributed by atoms with Crippen molar-refractivity contribution in [3.05, 3.63) is 29.6 Å². The Kier molecular flexibility index (Phi) is 1.98. The summed E-state index contributed by atoms with van der Waals surface area (Å²) >= 11 is 1.71. The van der Waals surface area contributed by atoms with Crippen LogP contribution in [-0.4, -0.2) is 10.7 Å². The molecule has 2 rings (SSSR count). The van der Waals surface area contributed by atoms with Gasteiger partial charge in [-0.15, -0.1) is 0 Å². The minimum Gasteiger partial charge on any atom is -0.251 e. The fraction of sp³-hybridized carbons (Fsp3) is 0.375. The first-order chi connectivity index (χ1) is 6.07. The normalized spacial score (nSPS) is 21.6. The molecule has 1 atom stereocenters. The number of rotatable bonds is 1. The van der Waals surface area contributed by atoms with Gasteiger partial charge >= 0.3 is 6.18 Å². The SMILES string of the molecule is FC(F)(F)c1ccc(C2CS2)cn1. The van der Waals surface area contributed by atoms with E-state index < -0.39 is 11.9 Å². The van der Waals surface area contributed by atoms with Crippen LogP contribution in [0.5, 0.6) is 0 Å². The van der Waals surface area contributed by atoms with E-state index in [0.717, 1.165) is 17.4 Å². The molecule has 0 aliphatic carbocycles. The Hall–Kier alpha value is -0.710. The molecule has 13 heavy (non-hydrogen) atoms. The van der Waals surface area contributed by atoms with Gasteiger partial charge in [-0.25, -0.2) is 0 Å². The summed E-state index contributed by atoms with van der Waals surface area (Å²) < 4.78 is 36.2. The third-order valence-electron chi connectivity index (χ3n) is 1.78. The van der Waals surface area contributed by atoms with Crippen LogP contribution in [0.4, 0.5) is 13.2 Å². The second-order valence-corrected chi connectivity index (χ2v) is 4.03. The molecule has 1 saturated heterocycles. The molecule has 2 heterocycles. The highest BCUT2D eigenvalue weighted by Crippen LogP contribution is 2.45. The number of aromatic nitrogens is 1. The zero-order valence-electron chi connectivity index (χ0n) is 6.51. The predicted octanol–water partition coefficient (Wildman–Crippen LogP) is 2.89. The number of thioether (sulfide) groups is 1. The van der Waals surface area contributed by atoms with Crippen LogP contribution in [0.2, 0.25) is 0 Å². The van der Waals surface area contributed by atoms with E-state index >= 15 is 0 Å². The molecule has 1 unspecified atom stereocenters. The summed E-state index contributed by atoms with van der Waals surface area (Å²) in [5, 5.41) is 0.370. The van der Waals surface area contributed by atoms with E-state index in [0.29, 0.717) is 5.25 Å². The van der Waals surface area contributed by atoms with Gasteiger partial charge in [-0.3, -0.25) is 4.98 Å². The van der Waals surface area contributed by atoms with E-state index in [2.05, 4.69) is 4.98 Å². The van der Waals surface area contributed by atoms with Crippen LogP contribution in [-0.2, 0) is 6.18 Å². The summed E-state index contributed by atoms with van der Waals surface area (Å²) in [6.45, 7) is 0. The molecule has 70 valence electrons. The molecule has 1 nitrogen and oxygen atoms in total. The van der Waals surface area contributed by atoms with Gasteiger partial charge in [0.1, 0.15) is 5.69 Å². The Morgan fingerprint density at radius 2 is 2.08 bits per heavy atom. The lowest BCUT2D eigenvalue weighted by Crippen LogP contribution is -2.07. The van der Waals surface area contributed by atoms with Crippen LogP contribution in [0.15, 0.2) is 18.3 Å². The van der Waals surface area contributed by atoms with Crippen molar-refractivity contribution in [1.29, 1.82) is 0 Å². The Morgan fingerprint density at radius 1 is 1.38 bits per heavy atom. The first-order valence-corrected chi connectivity index (χ1v) is 4.77. The quantitative estimate of drug-likeness (QED) is 0.654. The zero-order valence-corrected chi connectivity index (χ0v) is 7.32. The largest absolute Gasteiger partial charge is 0.433 e. The van der Waals surface area contributed by atoms with E-state index in [9.17, 15) is 13.2 Å². The number of hydrogen-bond donors (Lipinski definition) is 0. The molecule has 0 saturated carbocycles. The van der Waals surface area contributed by atoms with Crippen LogP contribution in [0.1, 0.15) is 16.5 Å². The van der Waals surface area contributed by atoms with E-state index in [-0.39, 0.29) is 0 Å². The first-order valence-electron chi connectivity index (χ1n) is 3.72. The lowest BCUT2D eigenvalue weighted by Gasteiger charge is -2.05.